The molecule has 2 unspecified atom stereocenters. The van der Waals surface area contributed by atoms with Crippen LogP contribution in [-0.2, 0) is 16.0 Å². The van der Waals surface area contributed by atoms with Crippen LogP contribution in [0.2, 0.25) is 0 Å². The number of nitrogens with two attached hydrogens (primary N) is 1. The lowest BCUT2D eigenvalue weighted by Gasteiger charge is -2.22. The Hall–Kier alpha value is -3.80. The average Bonchev–Trinajstić information content (AvgIpc) is 3.77. The first kappa shape index (κ1) is 35.5. The van der Waals surface area contributed by atoms with E-state index in [1.54, 1.807) is 13.4 Å². The molecule has 5 aromatic rings. The molecule has 2 aliphatic rings. The maximum absolute atomic E-state index is 6.17. The highest BCUT2D eigenvalue weighted by Crippen LogP contribution is 2.32. The van der Waals surface area contributed by atoms with E-state index in [9.17, 15) is 0 Å². The topological polar surface area (TPSA) is 112 Å². The highest BCUT2D eigenvalue weighted by Gasteiger charge is 2.29. The Morgan fingerprint density at radius 3 is 2.23 bits per heavy atom. The van der Waals surface area contributed by atoms with Crippen molar-refractivity contribution in [2.75, 3.05) is 38.7 Å². The highest BCUT2D eigenvalue weighted by molar-refractivity contribution is 7.80. The molecule has 4 N–H and O–H groups in total. The van der Waals surface area contributed by atoms with Gasteiger partial charge < -0.3 is 25.8 Å². The largest absolute Gasteiger partial charge is 0.382 e. The quantitative estimate of drug-likeness (QED) is 0.119. The monoisotopic (exact) mass is 667 g/mol. The molecule has 2 fully saturated rings. The lowest BCUT2D eigenvalue weighted by Crippen LogP contribution is -2.26. The number of ether oxygens (including phenoxy) is 2. The van der Waals surface area contributed by atoms with Gasteiger partial charge in [0, 0.05) is 24.5 Å². The van der Waals surface area contributed by atoms with Crippen LogP contribution in [-0.4, -0.2) is 59.0 Å². The van der Waals surface area contributed by atoms with Crippen LogP contribution in [0.25, 0.3) is 11.2 Å². The van der Waals surface area contributed by atoms with Gasteiger partial charge in [0.15, 0.2) is 17.0 Å². The number of aromatic nitrogens is 4. The summed E-state index contributed by atoms with van der Waals surface area (Å²) in [6.45, 7) is 3.81. The standard InChI is InChI=1S/C26H30N6O2.C11H15NS.CH4/c1-33-16-20-12-13-23(34-20)32-17-29-24-25(30-22(14-27)31-26(24)32)28-15-21(18-8-4-2-5-9-18)19-10-6-3-7-11-19;13-11-3-1-9(2-4-11)10-5-7-12-8-6-10;/h2-11,17,20-21,23H,12-16,27H2,1H3,(H,28,30,31);1-4,10,12-13H,5-8H2;1H4. The van der Waals surface area contributed by atoms with Gasteiger partial charge in [-0.05, 0) is 73.5 Å². The van der Waals surface area contributed by atoms with Crippen LogP contribution in [0.4, 0.5) is 5.82 Å². The molecule has 2 atom stereocenters. The van der Waals surface area contributed by atoms with Crippen LogP contribution in [0.5, 0.6) is 0 Å². The summed E-state index contributed by atoms with van der Waals surface area (Å²) in [4.78, 5) is 15.1. The minimum atomic E-state index is -0.125. The Morgan fingerprint density at radius 1 is 0.938 bits per heavy atom. The van der Waals surface area contributed by atoms with E-state index in [0.717, 1.165) is 47.9 Å². The fraction of sp³-hybridized carbons (Fsp3) is 0.395. The molecule has 0 spiro atoms. The molecular formula is C38H49N7O2S. The molecule has 254 valence electrons. The third-order valence-corrected chi connectivity index (χ3v) is 9.28. The molecule has 0 saturated carbocycles. The Kier molecular flexibility index (Phi) is 13.0. The highest BCUT2D eigenvalue weighted by atomic mass is 32.1. The molecule has 0 radical (unpaired) electrons. The predicted octanol–water partition coefficient (Wildman–Crippen LogP) is 6.93. The first-order chi connectivity index (χ1) is 23.1. The van der Waals surface area contributed by atoms with Crippen molar-refractivity contribution < 1.29 is 9.47 Å². The molecule has 2 aromatic heterocycles. The molecule has 9 nitrogen and oxygen atoms in total. The number of nitrogens with zero attached hydrogens (tertiary/aromatic N) is 4. The number of rotatable bonds is 10. The molecule has 10 heteroatoms. The minimum absolute atomic E-state index is 0. The number of hydrogen-bond acceptors (Lipinski definition) is 9. The average molecular weight is 668 g/mol. The molecule has 48 heavy (non-hydrogen) atoms. The van der Waals surface area contributed by atoms with Crippen LogP contribution < -0.4 is 16.4 Å². The number of benzene rings is 3. The Balaban J connectivity index is 0.000000270. The van der Waals surface area contributed by atoms with Gasteiger partial charge in [-0.25, -0.2) is 15.0 Å². The Bertz CT molecular complexity index is 1640. The molecule has 2 saturated heterocycles. The number of piperidine rings is 1. The zero-order valence-corrected chi connectivity index (χ0v) is 27.9. The third kappa shape index (κ3) is 8.80. The van der Waals surface area contributed by atoms with Gasteiger partial charge in [-0.15, -0.1) is 12.6 Å². The van der Waals surface area contributed by atoms with Gasteiger partial charge in [-0.3, -0.25) is 4.57 Å². The van der Waals surface area contributed by atoms with Crippen LogP contribution in [0, 0.1) is 0 Å². The van der Waals surface area contributed by atoms with Crippen LogP contribution >= 0.6 is 12.6 Å². The molecule has 3 aromatic carbocycles. The molecule has 0 bridgehead atoms. The van der Waals surface area contributed by atoms with Gasteiger partial charge in [0.25, 0.3) is 0 Å². The summed E-state index contributed by atoms with van der Waals surface area (Å²) in [5, 5.41) is 6.93. The van der Waals surface area contributed by atoms with Gasteiger partial charge in [0.05, 0.1) is 25.6 Å². The normalized spacial score (nSPS) is 17.9. The fourth-order valence-corrected chi connectivity index (χ4v) is 6.64. The minimum Gasteiger partial charge on any atom is -0.382 e. The smallest absolute Gasteiger partial charge is 0.167 e. The van der Waals surface area contributed by atoms with Crippen molar-refractivity contribution in [2.24, 2.45) is 5.73 Å². The second-order valence-corrected chi connectivity index (χ2v) is 12.6. The Morgan fingerprint density at radius 2 is 1.60 bits per heavy atom. The summed E-state index contributed by atoms with van der Waals surface area (Å²) < 4.78 is 13.4. The van der Waals surface area contributed by atoms with E-state index in [0.29, 0.717) is 24.8 Å². The van der Waals surface area contributed by atoms with Crippen molar-refractivity contribution in [3.8, 4) is 0 Å². The van der Waals surface area contributed by atoms with Crippen LogP contribution in [0.3, 0.4) is 0 Å². The first-order valence-electron chi connectivity index (χ1n) is 16.5. The summed E-state index contributed by atoms with van der Waals surface area (Å²) in [6, 6.07) is 29.6. The second-order valence-electron chi connectivity index (χ2n) is 12.1. The predicted molar refractivity (Wildman–Crippen MR) is 197 cm³/mol. The van der Waals surface area contributed by atoms with Crippen molar-refractivity contribution in [2.45, 2.75) is 68.7 Å². The molecule has 2 aliphatic heterocycles. The Labute approximate surface area is 290 Å². The number of anilines is 1. The lowest BCUT2D eigenvalue weighted by molar-refractivity contribution is -0.0300. The number of imidazole rings is 1. The van der Waals surface area contributed by atoms with E-state index < -0.39 is 0 Å². The van der Waals surface area contributed by atoms with Gasteiger partial charge in [0.2, 0.25) is 0 Å². The number of fused-ring (bicyclic) bond motifs is 1. The van der Waals surface area contributed by atoms with Gasteiger partial charge in [-0.2, -0.15) is 0 Å². The number of methoxy groups -OCH3 is 1. The summed E-state index contributed by atoms with van der Waals surface area (Å²) in [5.41, 5.74) is 11.3. The van der Waals surface area contributed by atoms with Gasteiger partial charge >= 0.3 is 0 Å². The van der Waals surface area contributed by atoms with E-state index in [2.05, 4.69) is 111 Å². The second kappa shape index (κ2) is 17.6. The summed E-state index contributed by atoms with van der Waals surface area (Å²) >= 11 is 4.28. The first-order valence-corrected chi connectivity index (χ1v) is 17.0. The zero-order valence-electron chi connectivity index (χ0n) is 27.0. The third-order valence-electron chi connectivity index (χ3n) is 8.98. The molecule has 7 rings (SSSR count). The van der Waals surface area contributed by atoms with Gasteiger partial charge in [0.1, 0.15) is 12.1 Å². The van der Waals surface area contributed by atoms with E-state index in [4.69, 9.17) is 15.2 Å². The SMILES string of the molecule is C.COCC1CCC(n2cnc3c(NCC(c4ccccc4)c4ccccc4)nc(CN)nc32)O1.Sc1ccc(C2CCNCC2)cc1. The van der Waals surface area contributed by atoms with Gasteiger partial charge in [-0.1, -0.05) is 80.2 Å². The van der Waals surface area contributed by atoms with Crippen LogP contribution in [0.15, 0.2) is 96.2 Å². The maximum atomic E-state index is 6.17. The van der Waals surface area contributed by atoms with Crippen LogP contribution in [0.1, 0.15) is 73.7 Å². The van der Waals surface area contributed by atoms with Crippen molar-refractivity contribution in [1.29, 1.82) is 0 Å². The summed E-state index contributed by atoms with van der Waals surface area (Å²) in [6.07, 6.45) is 6.11. The molecule has 0 aliphatic carbocycles. The number of hydrogen-bond donors (Lipinski definition) is 4. The zero-order chi connectivity index (χ0) is 32.4. The van der Waals surface area contributed by atoms with E-state index >= 15 is 0 Å². The molecule has 4 heterocycles. The van der Waals surface area contributed by atoms with Crippen molar-refractivity contribution in [3.05, 3.63) is 114 Å². The lowest BCUT2D eigenvalue weighted by atomic mass is 9.90. The van der Waals surface area contributed by atoms with Crippen molar-refractivity contribution in [3.63, 3.8) is 0 Å². The molecule has 0 amide bonds. The van der Waals surface area contributed by atoms with Crippen molar-refractivity contribution in [1.82, 2.24) is 24.8 Å². The molecular weight excluding hydrogens is 619 g/mol. The maximum Gasteiger partial charge on any atom is 0.167 e. The van der Waals surface area contributed by atoms with E-state index in [1.807, 2.05) is 16.7 Å². The number of thiol groups is 1. The summed E-state index contributed by atoms with van der Waals surface area (Å²) in [7, 11) is 1.69. The summed E-state index contributed by atoms with van der Waals surface area (Å²) in [5.74, 6) is 2.17. The number of nitrogens with one attached hydrogen (secondary N) is 2. The van der Waals surface area contributed by atoms with E-state index in [1.165, 1.54) is 29.5 Å². The fourth-order valence-electron chi connectivity index (χ4n) is 6.49. The van der Waals surface area contributed by atoms with Crippen molar-refractivity contribution >= 4 is 29.6 Å². The van der Waals surface area contributed by atoms with E-state index in [-0.39, 0.29) is 32.2 Å².